The monoisotopic (exact) mass is 290 g/mol. The molecule has 5 heteroatoms. The number of aliphatic carboxylic acids is 1. The second-order valence-electron chi connectivity index (χ2n) is 4.40. The van der Waals surface area contributed by atoms with Crippen LogP contribution in [0.25, 0.3) is 0 Å². The number of hydrogen-bond acceptors (Lipinski definition) is 3. The van der Waals surface area contributed by atoms with Crippen LogP contribution < -0.4 is 4.90 Å². The number of aromatic nitrogens is 1. The summed E-state index contributed by atoms with van der Waals surface area (Å²) in [4.78, 5) is 16.8. The minimum absolute atomic E-state index is 0.0398. The SMILES string of the molecule is O=C(O)CN(CCc1cccnc1)c1ccc(Cl)cc1. The summed E-state index contributed by atoms with van der Waals surface area (Å²) in [7, 11) is 0. The molecule has 1 N–H and O–H groups in total. The van der Waals surface area contributed by atoms with E-state index in [0.717, 1.165) is 17.7 Å². The molecule has 0 atom stereocenters. The lowest BCUT2D eigenvalue weighted by atomic mass is 10.2. The largest absolute Gasteiger partial charge is 0.480 e. The fourth-order valence-electron chi connectivity index (χ4n) is 1.92. The molecule has 0 bridgehead atoms. The van der Waals surface area contributed by atoms with Crippen molar-refractivity contribution < 1.29 is 9.90 Å². The van der Waals surface area contributed by atoms with Gasteiger partial charge in [-0.05, 0) is 42.3 Å². The molecule has 0 aliphatic rings. The Morgan fingerprint density at radius 1 is 1.25 bits per heavy atom. The van der Waals surface area contributed by atoms with Crippen LogP contribution in [0.3, 0.4) is 0 Å². The van der Waals surface area contributed by atoms with Crippen LogP contribution in [-0.2, 0) is 11.2 Å². The van der Waals surface area contributed by atoms with E-state index in [9.17, 15) is 4.79 Å². The van der Waals surface area contributed by atoms with Crippen LogP contribution >= 0.6 is 11.6 Å². The van der Waals surface area contributed by atoms with Crippen LogP contribution in [0.15, 0.2) is 48.8 Å². The van der Waals surface area contributed by atoms with Gasteiger partial charge >= 0.3 is 5.97 Å². The Kier molecular flexibility index (Phi) is 4.96. The van der Waals surface area contributed by atoms with Gasteiger partial charge in [-0.1, -0.05) is 17.7 Å². The molecule has 0 saturated heterocycles. The molecule has 0 unspecified atom stereocenters. The first-order valence-electron chi connectivity index (χ1n) is 6.26. The van der Waals surface area contributed by atoms with E-state index in [4.69, 9.17) is 16.7 Å². The van der Waals surface area contributed by atoms with E-state index in [1.165, 1.54) is 0 Å². The second-order valence-corrected chi connectivity index (χ2v) is 4.84. The van der Waals surface area contributed by atoms with Crippen LogP contribution in [0.5, 0.6) is 0 Å². The van der Waals surface area contributed by atoms with Gasteiger partial charge in [-0.3, -0.25) is 9.78 Å². The Morgan fingerprint density at radius 3 is 2.60 bits per heavy atom. The zero-order valence-electron chi connectivity index (χ0n) is 10.9. The van der Waals surface area contributed by atoms with Gasteiger partial charge < -0.3 is 10.0 Å². The Bertz CT molecular complexity index is 558. The first-order valence-corrected chi connectivity index (χ1v) is 6.64. The topological polar surface area (TPSA) is 53.4 Å². The van der Waals surface area contributed by atoms with Crippen molar-refractivity contribution >= 4 is 23.3 Å². The molecule has 4 nitrogen and oxygen atoms in total. The first kappa shape index (κ1) is 14.3. The van der Waals surface area contributed by atoms with E-state index in [2.05, 4.69) is 4.98 Å². The average Bonchev–Trinajstić information content (AvgIpc) is 2.45. The Hall–Kier alpha value is -2.07. The number of carboxylic acids is 1. The predicted molar refractivity (Wildman–Crippen MR) is 79.2 cm³/mol. The quantitative estimate of drug-likeness (QED) is 0.889. The molecular formula is C15H15ClN2O2. The highest BCUT2D eigenvalue weighted by molar-refractivity contribution is 6.30. The lowest BCUT2D eigenvalue weighted by molar-refractivity contribution is -0.135. The highest BCUT2D eigenvalue weighted by atomic mass is 35.5. The maximum atomic E-state index is 11.0. The minimum Gasteiger partial charge on any atom is -0.480 e. The number of hydrogen-bond donors (Lipinski definition) is 1. The molecule has 104 valence electrons. The summed E-state index contributed by atoms with van der Waals surface area (Å²) in [6.07, 6.45) is 4.25. The molecule has 0 fully saturated rings. The van der Waals surface area contributed by atoms with Crippen LogP contribution in [0.1, 0.15) is 5.56 Å². The summed E-state index contributed by atoms with van der Waals surface area (Å²) in [6.45, 7) is 0.571. The van der Waals surface area contributed by atoms with Gasteiger partial charge in [-0.15, -0.1) is 0 Å². The maximum Gasteiger partial charge on any atom is 0.323 e. The van der Waals surface area contributed by atoms with E-state index in [-0.39, 0.29) is 6.54 Å². The fraction of sp³-hybridized carbons (Fsp3) is 0.200. The highest BCUT2D eigenvalue weighted by Gasteiger charge is 2.10. The number of carboxylic acid groups (broad SMARTS) is 1. The van der Waals surface area contributed by atoms with Crippen molar-refractivity contribution in [3.63, 3.8) is 0 Å². The molecule has 2 aromatic rings. The molecule has 20 heavy (non-hydrogen) atoms. The van der Waals surface area contributed by atoms with Crippen LogP contribution in [0.2, 0.25) is 5.02 Å². The summed E-state index contributed by atoms with van der Waals surface area (Å²) >= 11 is 5.85. The van der Waals surface area contributed by atoms with E-state index in [0.29, 0.717) is 11.6 Å². The van der Waals surface area contributed by atoms with Crippen molar-refractivity contribution in [2.45, 2.75) is 6.42 Å². The molecule has 0 aliphatic carbocycles. The van der Waals surface area contributed by atoms with Crippen molar-refractivity contribution in [1.82, 2.24) is 4.98 Å². The third kappa shape index (κ3) is 4.24. The number of pyridine rings is 1. The maximum absolute atomic E-state index is 11.0. The van der Waals surface area contributed by atoms with E-state index < -0.39 is 5.97 Å². The molecular weight excluding hydrogens is 276 g/mol. The Balaban J connectivity index is 2.07. The normalized spacial score (nSPS) is 10.2. The molecule has 0 spiro atoms. The zero-order valence-corrected chi connectivity index (χ0v) is 11.6. The van der Waals surface area contributed by atoms with E-state index in [1.54, 1.807) is 24.5 Å². The summed E-state index contributed by atoms with van der Waals surface area (Å²) in [5.74, 6) is -0.855. The molecule has 1 aromatic heterocycles. The number of anilines is 1. The van der Waals surface area contributed by atoms with Gasteiger partial charge in [0.2, 0.25) is 0 Å². The lowest BCUT2D eigenvalue weighted by Crippen LogP contribution is -2.31. The van der Waals surface area contributed by atoms with Gasteiger partial charge in [-0.2, -0.15) is 0 Å². The van der Waals surface area contributed by atoms with Crippen molar-refractivity contribution in [2.24, 2.45) is 0 Å². The molecule has 1 aromatic carbocycles. The van der Waals surface area contributed by atoms with E-state index >= 15 is 0 Å². The second kappa shape index (κ2) is 6.91. The summed E-state index contributed by atoms with van der Waals surface area (Å²) in [6, 6.07) is 11.0. The van der Waals surface area contributed by atoms with Crippen LogP contribution in [-0.4, -0.2) is 29.1 Å². The molecule has 0 aliphatic heterocycles. The Labute approximate surface area is 122 Å². The molecule has 0 saturated carbocycles. The van der Waals surface area contributed by atoms with Crippen LogP contribution in [0, 0.1) is 0 Å². The van der Waals surface area contributed by atoms with Crippen molar-refractivity contribution in [3.8, 4) is 0 Å². The fourth-order valence-corrected chi connectivity index (χ4v) is 2.05. The number of nitrogens with zero attached hydrogens (tertiary/aromatic N) is 2. The van der Waals surface area contributed by atoms with Gasteiger partial charge in [0, 0.05) is 29.6 Å². The van der Waals surface area contributed by atoms with Gasteiger partial charge in [-0.25, -0.2) is 0 Å². The molecule has 2 rings (SSSR count). The van der Waals surface area contributed by atoms with Gasteiger partial charge in [0.25, 0.3) is 0 Å². The highest BCUT2D eigenvalue weighted by Crippen LogP contribution is 2.18. The minimum atomic E-state index is -0.855. The predicted octanol–water partition coefficient (Wildman–Crippen LogP) is 2.87. The summed E-state index contributed by atoms with van der Waals surface area (Å²) in [5.41, 5.74) is 1.93. The molecule has 1 heterocycles. The summed E-state index contributed by atoms with van der Waals surface area (Å²) in [5, 5.41) is 9.65. The van der Waals surface area contributed by atoms with Gasteiger partial charge in [0.15, 0.2) is 0 Å². The smallest absolute Gasteiger partial charge is 0.323 e. The lowest BCUT2D eigenvalue weighted by Gasteiger charge is -2.23. The van der Waals surface area contributed by atoms with Gasteiger partial charge in [0.1, 0.15) is 6.54 Å². The standard InChI is InChI=1S/C15H15ClN2O2/c16-13-3-5-14(6-4-13)18(11-15(19)20)9-7-12-2-1-8-17-10-12/h1-6,8,10H,7,9,11H2,(H,19,20). The number of rotatable bonds is 6. The first-order chi connectivity index (χ1) is 9.65. The third-order valence-corrected chi connectivity index (χ3v) is 3.16. The van der Waals surface area contributed by atoms with Gasteiger partial charge in [0.05, 0.1) is 0 Å². The Morgan fingerprint density at radius 2 is 2.00 bits per heavy atom. The average molecular weight is 291 g/mol. The summed E-state index contributed by atoms with van der Waals surface area (Å²) < 4.78 is 0. The number of benzene rings is 1. The number of halogens is 1. The van der Waals surface area contributed by atoms with E-state index in [1.807, 2.05) is 29.2 Å². The molecule has 0 amide bonds. The van der Waals surface area contributed by atoms with Crippen molar-refractivity contribution in [3.05, 3.63) is 59.4 Å². The van der Waals surface area contributed by atoms with Crippen molar-refractivity contribution in [2.75, 3.05) is 18.0 Å². The zero-order chi connectivity index (χ0) is 14.4. The van der Waals surface area contributed by atoms with Crippen LogP contribution in [0.4, 0.5) is 5.69 Å². The molecule has 0 radical (unpaired) electrons. The number of carbonyl (C=O) groups is 1. The third-order valence-electron chi connectivity index (χ3n) is 2.91. The van der Waals surface area contributed by atoms with Crippen molar-refractivity contribution in [1.29, 1.82) is 0 Å².